The first kappa shape index (κ1) is 16.2. The van der Waals surface area contributed by atoms with E-state index in [1.165, 1.54) is 0 Å². The van der Waals surface area contributed by atoms with E-state index >= 15 is 0 Å². The topological polar surface area (TPSA) is 169 Å². The Morgan fingerprint density at radius 2 is 1.00 bits per heavy atom. The van der Waals surface area contributed by atoms with E-state index in [1.54, 1.807) is 0 Å². The van der Waals surface area contributed by atoms with Gasteiger partial charge in [-0.15, -0.1) is 0 Å². The molecule has 0 aromatic heterocycles. The van der Waals surface area contributed by atoms with Crippen molar-refractivity contribution in [2.24, 2.45) is 0 Å². The molecule has 0 saturated heterocycles. The summed E-state index contributed by atoms with van der Waals surface area (Å²) in [4.78, 5) is 46.2. The van der Waals surface area contributed by atoms with Gasteiger partial charge < -0.3 is 14.7 Å². The third kappa shape index (κ3) is 5.03. The maximum absolute atomic E-state index is 10.8. The Hall–Kier alpha value is -1.79. The molecule has 0 atom stereocenters. The molecule has 104 valence electrons. The molecule has 11 heteroatoms. The van der Waals surface area contributed by atoms with Crippen LogP contribution in [0.1, 0.15) is 19.3 Å². The van der Waals surface area contributed by atoms with Crippen LogP contribution in [0.3, 0.4) is 0 Å². The lowest BCUT2D eigenvalue weighted by Gasteiger charge is -2.25. The molecular formula is C7H10O11. The molecule has 0 aromatic rings. The van der Waals surface area contributed by atoms with E-state index in [1.807, 2.05) is 0 Å². The number of hydrogen-bond donors (Lipinski definition) is 4. The predicted octanol–water partition coefficient (Wildman–Crippen LogP) is -0.566. The van der Waals surface area contributed by atoms with Crippen molar-refractivity contribution in [1.29, 1.82) is 0 Å². The fraction of sp³-hybridized carbons (Fsp3) is 0.571. The van der Waals surface area contributed by atoms with E-state index in [-0.39, 0.29) is 0 Å². The summed E-state index contributed by atoms with van der Waals surface area (Å²) in [5.74, 6) is -4.08. The molecule has 0 rings (SSSR count). The molecule has 11 nitrogen and oxygen atoms in total. The quantitative estimate of drug-likeness (QED) is 0.265. The largest absolute Gasteiger partial charge is 0.345 e. The lowest BCUT2D eigenvalue weighted by molar-refractivity contribution is -0.335. The molecule has 0 saturated carbocycles. The molecule has 0 aliphatic carbocycles. The number of rotatable bonds is 7. The first-order chi connectivity index (χ1) is 8.42. The van der Waals surface area contributed by atoms with Crippen LogP contribution in [-0.4, -0.2) is 44.5 Å². The molecule has 0 bridgehead atoms. The lowest BCUT2D eigenvalue weighted by atomic mass is 9.91. The highest BCUT2D eigenvalue weighted by Crippen LogP contribution is 2.26. The summed E-state index contributed by atoms with van der Waals surface area (Å²) in [7, 11) is 0. The summed E-state index contributed by atoms with van der Waals surface area (Å²) >= 11 is 0. The van der Waals surface area contributed by atoms with Crippen molar-refractivity contribution in [2.45, 2.75) is 24.9 Å². The molecular weight excluding hydrogens is 260 g/mol. The average Bonchev–Trinajstić information content (AvgIpc) is 2.37. The Morgan fingerprint density at radius 1 is 0.722 bits per heavy atom. The summed E-state index contributed by atoms with van der Waals surface area (Å²) in [6, 6.07) is 0. The zero-order valence-electron chi connectivity index (χ0n) is 8.77. The van der Waals surface area contributed by atoms with Crippen LogP contribution in [0.2, 0.25) is 0 Å². The first-order valence-corrected chi connectivity index (χ1v) is 4.28. The molecule has 0 unspecified atom stereocenters. The molecule has 0 heterocycles. The van der Waals surface area contributed by atoms with E-state index in [9.17, 15) is 14.4 Å². The Bertz CT molecular complexity index is 265. The van der Waals surface area contributed by atoms with Gasteiger partial charge in [0, 0.05) is 0 Å². The van der Waals surface area contributed by atoms with Gasteiger partial charge in [-0.2, -0.15) is 15.8 Å². The number of carbonyl (C=O) groups excluding carboxylic acids is 3. The summed E-state index contributed by atoms with van der Waals surface area (Å²) < 4.78 is 0. The monoisotopic (exact) mass is 270 g/mol. The highest BCUT2D eigenvalue weighted by molar-refractivity contribution is 5.78. The molecule has 0 aromatic carbocycles. The second kappa shape index (κ2) is 7.52. The van der Waals surface area contributed by atoms with E-state index in [2.05, 4.69) is 19.6 Å². The second-order valence-electron chi connectivity index (χ2n) is 3.19. The van der Waals surface area contributed by atoms with Crippen molar-refractivity contribution in [2.75, 3.05) is 0 Å². The minimum atomic E-state index is -2.24. The molecule has 0 spiro atoms. The van der Waals surface area contributed by atoms with Gasteiger partial charge in [0.2, 0.25) is 0 Å². The van der Waals surface area contributed by atoms with Gasteiger partial charge in [0.15, 0.2) is 0 Å². The number of carbonyl (C=O) groups is 3. The van der Waals surface area contributed by atoms with Crippen molar-refractivity contribution in [3.8, 4) is 0 Å². The van der Waals surface area contributed by atoms with Crippen LogP contribution in [0, 0.1) is 0 Å². The molecule has 0 aliphatic heterocycles. The minimum Gasteiger partial charge on any atom is -0.301 e. The van der Waals surface area contributed by atoms with Crippen LogP contribution in [0.5, 0.6) is 0 Å². The fourth-order valence-corrected chi connectivity index (χ4v) is 1.17. The van der Waals surface area contributed by atoms with E-state index in [0.29, 0.717) is 0 Å². The van der Waals surface area contributed by atoms with Crippen LogP contribution >= 0.6 is 0 Å². The Balaban J connectivity index is 4.98. The van der Waals surface area contributed by atoms with E-state index in [4.69, 9.17) is 21.0 Å². The maximum atomic E-state index is 10.8. The van der Waals surface area contributed by atoms with Crippen molar-refractivity contribution < 1.29 is 55.0 Å². The van der Waals surface area contributed by atoms with Gasteiger partial charge >= 0.3 is 17.9 Å². The zero-order valence-corrected chi connectivity index (χ0v) is 8.77. The molecule has 0 aliphatic rings. The molecule has 0 amide bonds. The molecule has 0 radical (unpaired) electrons. The maximum Gasteiger partial charge on any atom is 0.345 e. The minimum absolute atomic E-state index is 0.968. The number of hydrogen-bond acceptors (Lipinski definition) is 11. The van der Waals surface area contributed by atoms with Crippen LogP contribution < -0.4 is 0 Å². The zero-order chi connectivity index (χ0) is 14.2. The van der Waals surface area contributed by atoms with Crippen LogP contribution in [0.25, 0.3) is 0 Å². The highest BCUT2D eigenvalue weighted by atomic mass is 17.1. The van der Waals surface area contributed by atoms with Gasteiger partial charge in [-0.1, -0.05) is 0 Å². The lowest BCUT2D eigenvalue weighted by Crippen LogP contribution is -2.40. The normalized spacial score (nSPS) is 10.7. The van der Waals surface area contributed by atoms with E-state index < -0.39 is 42.8 Å². The van der Waals surface area contributed by atoms with Crippen molar-refractivity contribution in [1.82, 2.24) is 0 Å². The van der Waals surface area contributed by atoms with Crippen LogP contribution in [0.4, 0.5) is 0 Å². The van der Waals surface area contributed by atoms with Gasteiger partial charge in [0.05, 0.1) is 19.3 Å². The molecule has 4 N–H and O–H groups in total. The Kier molecular flexibility index (Phi) is 6.77. The Labute approximate surface area is 98.8 Å². The van der Waals surface area contributed by atoms with Gasteiger partial charge in [0.1, 0.15) is 5.60 Å². The third-order valence-corrected chi connectivity index (χ3v) is 1.90. The smallest absolute Gasteiger partial charge is 0.301 e. The molecule has 0 fully saturated rings. The van der Waals surface area contributed by atoms with Gasteiger partial charge in [0.25, 0.3) is 0 Å². The molecule has 18 heavy (non-hydrogen) atoms. The summed E-state index contributed by atoms with van der Waals surface area (Å²) in [6.45, 7) is 0. The second-order valence-corrected chi connectivity index (χ2v) is 3.19. The standard InChI is InChI=1S/C7H10O11/c8-4(15-11)1-7(18-14,2-5(9)16-12)3-6(10)17-13/h11-14H,1-3H2. The Morgan fingerprint density at radius 3 is 1.17 bits per heavy atom. The van der Waals surface area contributed by atoms with Crippen LogP contribution in [-0.2, 0) is 33.9 Å². The van der Waals surface area contributed by atoms with Crippen LogP contribution in [0.15, 0.2) is 0 Å². The van der Waals surface area contributed by atoms with Crippen molar-refractivity contribution >= 4 is 17.9 Å². The SMILES string of the molecule is O=C(CC(CC(=O)OO)(CC(=O)OO)OO)OO. The predicted molar refractivity (Wildman–Crippen MR) is 46.5 cm³/mol. The van der Waals surface area contributed by atoms with Crippen molar-refractivity contribution in [3.63, 3.8) is 0 Å². The third-order valence-electron chi connectivity index (χ3n) is 1.90. The average molecular weight is 270 g/mol. The van der Waals surface area contributed by atoms with Crippen molar-refractivity contribution in [3.05, 3.63) is 0 Å². The van der Waals surface area contributed by atoms with Gasteiger partial charge in [-0.3, -0.25) is 5.26 Å². The summed E-state index contributed by atoms with van der Waals surface area (Å²) in [5, 5.41) is 32.8. The highest BCUT2D eigenvalue weighted by Gasteiger charge is 2.42. The summed E-state index contributed by atoms with van der Waals surface area (Å²) in [6.07, 6.45) is -2.90. The summed E-state index contributed by atoms with van der Waals surface area (Å²) in [5.41, 5.74) is -2.24. The van der Waals surface area contributed by atoms with Gasteiger partial charge in [-0.25, -0.2) is 19.3 Å². The first-order valence-electron chi connectivity index (χ1n) is 4.28. The van der Waals surface area contributed by atoms with E-state index in [0.717, 1.165) is 0 Å². The van der Waals surface area contributed by atoms with Gasteiger partial charge in [-0.05, 0) is 0 Å². The fourth-order valence-electron chi connectivity index (χ4n) is 1.17.